The van der Waals surface area contributed by atoms with Crippen LogP contribution in [0.5, 0.6) is 11.5 Å². The fourth-order valence-electron chi connectivity index (χ4n) is 1.74. The highest BCUT2D eigenvalue weighted by Crippen LogP contribution is 2.31. The number of non-ortho nitro benzene ring substituents is 1. The minimum Gasteiger partial charge on any atom is -0.478 e. The Morgan fingerprint density at radius 3 is 2.57 bits per heavy atom. The lowest BCUT2D eigenvalue weighted by Gasteiger charge is -2.09. The number of hydrogen-bond donors (Lipinski definition) is 1. The Hall–Kier alpha value is -2.41. The van der Waals surface area contributed by atoms with Crippen LogP contribution in [0.1, 0.15) is 15.9 Å². The van der Waals surface area contributed by atoms with E-state index in [-0.39, 0.29) is 11.3 Å². The van der Waals surface area contributed by atoms with Crippen molar-refractivity contribution in [3.05, 3.63) is 62.1 Å². The quantitative estimate of drug-likeness (QED) is 0.659. The van der Waals surface area contributed by atoms with Crippen LogP contribution in [-0.2, 0) is 0 Å². The maximum atomic E-state index is 10.9. The maximum Gasteiger partial charge on any atom is 0.335 e. The molecule has 0 fully saturated rings. The molecule has 2 aromatic carbocycles. The molecule has 7 heteroatoms. The van der Waals surface area contributed by atoms with Crippen LogP contribution in [0.3, 0.4) is 0 Å². The van der Waals surface area contributed by atoms with Gasteiger partial charge in [0.1, 0.15) is 11.5 Å². The number of halogens is 1. The van der Waals surface area contributed by atoms with Crippen molar-refractivity contribution >= 4 is 27.6 Å². The Labute approximate surface area is 128 Å². The molecule has 0 amide bonds. The number of carboxylic acid groups (broad SMARTS) is 1. The third kappa shape index (κ3) is 3.57. The van der Waals surface area contributed by atoms with E-state index in [2.05, 4.69) is 15.9 Å². The monoisotopic (exact) mass is 351 g/mol. The van der Waals surface area contributed by atoms with E-state index in [9.17, 15) is 14.9 Å². The predicted molar refractivity (Wildman–Crippen MR) is 79.0 cm³/mol. The summed E-state index contributed by atoms with van der Waals surface area (Å²) in [5.41, 5.74) is 0.678. The maximum absolute atomic E-state index is 10.9. The molecule has 0 unspecified atom stereocenters. The molecule has 108 valence electrons. The molecule has 0 saturated carbocycles. The number of nitro groups is 1. The normalized spacial score (nSPS) is 10.2. The number of hydrogen-bond acceptors (Lipinski definition) is 4. The van der Waals surface area contributed by atoms with E-state index in [1.165, 1.54) is 30.3 Å². The summed E-state index contributed by atoms with van der Waals surface area (Å²) >= 11 is 3.18. The molecule has 2 rings (SSSR count). The zero-order valence-electron chi connectivity index (χ0n) is 10.9. The molecule has 0 aliphatic heterocycles. The SMILES string of the molecule is Cc1cc(C(=O)O)ccc1Oc1cc(Br)cc([N+](=O)[O-])c1. The van der Waals surface area contributed by atoms with Crippen molar-refractivity contribution < 1.29 is 19.6 Å². The van der Waals surface area contributed by atoms with Crippen molar-refractivity contribution in [2.45, 2.75) is 6.92 Å². The number of aryl methyl sites for hydroxylation is 1. The van der Waals surface area contributed by atoms with Gasteiger partial charge >= 0.3 is 5.97 Å². The molecule has 2 aromatic rings. The first-order valence-electron chi connectivity index (χ1n) is 5.83. The third-order valence-corrected chi connectivity index (χ3v) is 3.17. The molecule has 0 heterocycles. The summed E-state index contributed by atoms with van der Waals surface area (Å²) in [6, 6.07) is 8.67. The van der Waals surface area contributed by atoms with E-state index in [1.54, 1.807) is 13.0 Å². The number of rotatable bonds is 4. The molecule has 0 atom stereocenters. The molecule has 0 aliphatic rings. The van der Waals surface area contributed by atoms with Gasteiger partial charge in [-0.1, -0.05) is 15.9 Å². The van der Waals surface area contributed by atoms with Gasteiger partial charge in [-0.3, -0.25) is 10.1 Å². The number of carbonyl (C=O) groups is 1. The molecule has 21 heavy (non-hydrogen) atoms. The van der Waals surface area contributed by atoms with E-state index < -0.39 is 10.9 Å². The second kappa shape index (κ2) is 5.92. The van der Waals surface area contributed by atoms with Crippen molar-refractivity contribution in [3.63, 3.8) is 0 Å². The van der Waals surface area contributed by atoms with Gasteiger partial charge in [0.15, 0.2) is 0 Å². The van der Waals surface area contributed by atoms with Crippen LogP contribution in [0.2, 0.25) is 0 Å². The molecule has 0 saturated heterocycles. The van der Waals surface area contributed by atoms with Gasteiger partial charge in [-0.15, -0.1) is 0 Å². The van der Waals surface area contributed by atoms with Crippen molar-refractivity contribution in [1.82, 2.24) is 0 Å². The van der Waals surface area contributed by atoms with Crippen LogP contribution in [0, 0.1) is 17.0 Å². The first kappa shape index (κ1) is 15.0. The summed E-state index contributed by atoms with van der Waals surface area (Å²) in [6.07, 6.45) is 0. The van der Waals surface area contributed by atoms with Crippen LogP contribution in [-0.4, -0.2) is 16.0 Å². The Morgan fingerprint density at radius 1 is 1.29 bits per heavy atom. The summed E-state index contributed by atoms with van der Waals surface area (Å²) in [6.45, 7) is 1.70. The number of carboxylic acids is 1. The van der Waals surface area contributed by atoms with Crippen molar-refractivity contribution in [3.8, 4) is 11.5 Å². The first-order valence-corrected chi connectivity index (χ1v) is 6.63. The highest BCUT2D eigenvalue weighted by atomic mass is 79.9. The van der Waals surface area contributed by atoms with E-state index >= 15 is 0 Å². The fraction of sp³-hybridized carbons (Fsp3) is 0.0714. The smallest absolute Gasteiger partial charge is 0.335 e. The van der Waals surface area contributed by atoms with E-state index in [1.807, 2.05) is 0 Å². The van der Waals surface area contributed by atoms with Gasteiger partial charge in [0.25, 0.3) is 5.69 Å². The minimum atomic E-state index is -1.03. The second-order valence-corrected chi connectivity index (χ2v) is 5.21. The molecule has 0 aromatic heterocycles. The van der Waals surface area contributed by atoms with Crippen LogP contribution < -0.4 is 4.74 Å². The fourth-order valence-corrected chi connectivity index (χ4v) is 2.20. The average Bonchev–Trinajstić information content (AvgIpc) is 2.40. The van der Waals surface area contributed by atoms with Crippen LogP contribution >= 0.6 is 15.9 Å². The van der Waals surface area contributed by atoms with Crippen molar-refractivity contribution in [2.75, 3.05) is 0 Å². The average molecular weight is 352 g/mol. The molecule has 0 aliphatic carbocycles. The van der Waals surface area contributed by atoms with E-state index in [4.69, 9.17) is 9.84 Å². The highest BCUT2D eigenvalue weighted by Gasteiger charge is 2.12. The molecule has 0 radical (unpaired) electrons. The lowest BCUT2D eigenvalue weighted by Crippen LogP contribution is -1.97. The number of ether oxygens (including phenoxy) is 1. The lowest BCUT2D eigenvalue weighted by atomic mass is 10.1. The van der Waals surface area contributed by atoms with Crippen molar-refractivity contribution in [1.29, 1.82) is 0 Å². The zero-order chi connectivity index (χ0) is 15.6. The van der Waals surface area contributed by atoms with Crippen LogP contribution in [0.15, 0.2) is 40.9 Å². The Kier molecular flexibility index (Phi) is 4.23. The summed E-state index contributed by atoms with van der Waals surface area (Å²) < 4.78 is 6.11. The Morgan fingerprint density at radius 2 is 2.00 bits per heavy atom. The van der Waals surface area contributed by atoms with Crippen LogP contribution in [0.25, 0.3) is 0 Å². The standard InChI is InChI=1S/C14H10BrNO5/c1-8-4-9(14(17)18)2-3-13(8)21-12-6-10(15)5-11(7-12)16(19)20/h2-7H,1H3,(H,17,18). The van der Waals surface area contributed by atoms with Gasteiger partial charge in [0, 0.05) is 10.5 Å². The van der Waals surface area contributed by atoms with E-state index in [0.29, 0.717) is 21.5 Å². The number of nitro benzene ring substituents is 1. The van der Waals surface area contributed by atoms with Crippen molar-refractivity contribution in [2.24, 2.45) is 0 Å². The number of benzene rings is 2. The van der Waals surface area contributed by atoms with Gasteiger partial charge in [0.2, 0.25) is 0 Å². The molecule has 1 N–H and O–H groups in total. The van der Waals surface area contributed by atoms with Gasteiger partial charge < -0.3 is 9.84 Å². The van der Waals surface area contributed by atoms with Gasteiger partial charge in [-0.05, 0) is 36.8 Å². The Bertz CT molecular complexity index is 729. The Balaban J connectivity index is 2.34. The summed E-state index contributed by atoms with van der Waals surface area (Å²) in [5.74, 6) is -0.294. The zero-order valence-corrected chi connectivity index (χ0v) is 12.5. The largest absolute Gasteiger partial charge is 0.478 e. The second-order valence-electron chi connectivity index (χ2n) is 4.29. The van der Waals surface area contributed by atoms with Gasteiger partial charge in [0.05, 0.1) is 16.6 Å². The molecule has 6 nitrogen and oxygen atoms in total. The minimum absolute atomic E-state index is 0.0980. The van der Waals surface area contributed by atoms with Gasteiger partial charge in [-0.2, -0.15) is 0 Å². The molecule has 0 spiro atoms. The molecular formula is C14H10BrNO5. The highest BCUT2D eigenvalue weighted by molar-refractivity contribution is 9.10. The lowest BCUT2D eigenvalue weighted by molar-refractivity contribution is -0.385. The summed E-state index contributed by atoms with van der Waals surface area (Å²) in [4.78, 5) is 21.2. The third-order valence-electron chi connectivity index (χ3n) is 2.72. The van der Waals surface area contributed by atoms with Gasteiger partial charge in [-0.25, -0.2) is 4.79 Å². The predicted octanol–water partition coefficient (Wildman–Crippen LogP) is 4.16. The van der Waals surface area contributed by atoms with Crippen LogP contribution in [0.4, 0.5) is 5.69 Å². The molecular weight excluding hydrogens is 342 g/mol. The topological polar surface area (TPSA) is 89.7 Å². The number of aromatic carboxylic acids is 1. The summed E-state index contributed by atoms with van der Waals surface area (Å²) in [7, 11) is 0. The summed E-state index contributed by atoms with van der Waals surface area (Å²) in [5, 5.41) is 19.7. The number of nitrogens with zero attached hydrogens (tertiary/aromatic N) is 1. The first-order chi connectivity index (χ1) is 9.86. The molecule has 0 bridgehead atoms. The van der Waals surface area contributed by atoms with E-state index in [0.717, 1.165) is 0 Å².